The zero-order valence-corrected chi connectivity index (χ0v) is 8.98. The Bertz CT molecular complexity index is 219. The van der Waals surface area contributed by atoms with Crippen molar-refractivity contribution in [2.75, 3.05) is 13.2 Å². The highest BCUT2D eigenvalue weighted by atomic mass is 16.4. The van der Waals surface area contributed by atoms with Crippen molar-refractivity contribution in [3.63, 3.8) is 0 Å². The van der Waals surface area contributed by atoms with Crippen molar-refractivity contribution in [2.45, 2.75) is 44.5 Å². The SMILES string of the molecule is [2H]C(CN[C@@H](CO)C(=O)O)C1CCCCC1. The van der Waals surface area contributed by atoms with Crippen molar-refractivity contribution in [1.82, 2.24) is 5.32 Å². The lowest BCUT2D eigenvalue weighted by molar-refractivity contribution is -0.140. The fourth-order valence-electron chi connectivity index (χ4n) is 1.98. The van der Waals surface area contributed by atoms with Crippen LogP contribution in [0.5, 0.6) is 0 Å². The molecule has 0 aromatic rings. The van der Waals surface area contributed by atoms with Gasteiger partial charge >= 0.3 is 5.97 Å². The molecule has 15 heavy (non-hydrogen) atoms. The first-order valence-corrected chi connectivity index (χ1v) is 5.64. The average molecular weight is 216 g/mol. The molecule has 3 N–H and O–H groups in total. The van der Waals surface area contributed by atoms with Gasteiger partial charge < -0.3 is 15.5 Å². The predicted octanol–water partition coefficient (Wildman–Crippen LogP) is 0.992. The number of carboxylic acids is 1. The molecule has 1 aliphatic rings. The molecule has 0 heterocycles. The number of carboxylic acid groups (broad SMARTS) is 1. The molecule has 1 aliphatic carbocycles. The first-order chi connectivity index (χ1) is 7.65. The molecular weight excluding hydrogens is 194 g/mol. The fraction of sp³-hybridized carbons (Fsp3) is 0.909. The van der Waals surface area contributed by atoms with Crippen LogP contribution >= 0.6 is 0 Å². The van der Waals surface area contributed by atoms with Gasteiger partial charge in [0.2, 0.25) is 0 Å². The molecule has 4 nitrogen and oxygen atoms in total. The Labute approximate surface area is 92.1 Å². The van der Waals surface area contributed by atoms with Crippen LogP contribution in [-0.4, -0.2) is 35.4 Å². The Kier molecular flexibility index (Phi) is 4.94. The van der Waals surface area contributed by atoms with E-state index in [-0.39, 0.29) is 6.40 Å². The van der Waals surface area contributed by atoms with E-state index in [2.05, 4.69) is 5.32 Å². The summed E-state index contributed by atoms with van der Waals surface area (Å²) in [5.41, 5.74) is 0. The van der Waals surface area contributed by atoms with E-state index in [0.717, 1.165) is 12.8 Å². The van der Waals surface area contributed by atoms with Crippen molar-refractivity contribution in [3.05, 3.63) is 0 Å². The standard InChI is InChI=1S/C11H21NO3/c13-8-10(11(14)15)12-7-6-9-4-2-1-3-5-9/h9-10,12-13H,1-8H2,(H,14,15)/t10-/m0/s1/i6D/t6?,10-. The lowest BCUT2D eigenvalue weighted by Crippen LogP contribution is -2.40. The minimum absolute atomic E-state index is 0.256. The summed E-state index contributed by atoms with van der Waals surface area (Å²) in [6, 6.07) is -0.934. The Balaban J connectivity index is 2.27. The summed E-state index contributed by atoms with van der Waals surface area (Å²) in [6.45, 7) is -0.0745. The molecule has 1 unspecified atom stereocenters. The molecule has 1 rings (SSSR count). The Morgan fingerprint density at radius 3 is 2.67 bits per heavy atom. The highest BCUT2D eigenvalue weighted by Crippen LogP contribution is 2.25. The Morgan fingerprint density at radius 1 is 1.47 bits per heavy atom. The van der Waals surface area contributed by atoms with E-state index in [1.54, 1.807) is 0 Å². The third-order valence-electron chi connectivity index (χ3n) is 2.95. The van der Waals surface area contributed by atoms with Crippen LogP contribution in [0.1, 0.15) is 39.9 Å². The fourth-order valence-corrected chi connectivity index (χ4v) is 1.98. The molecule has 1 fully saturated rings. The molecule has 0 aromatic heterocycles. The summed E-state index contributed by atoms with van der Waals surface area (Å²) in [6.07, 6.45) is 5.52. The van der Waals surface area contributed by atoms with Crippen molar-refractivity contribution in [2.24, 2.45) is 5.92 Å². The third kappa shape index (κ3) is 4.62. The smallest absolute Gasteiger partial charge is 0.323 e. The monoisotopic (exact) mass is 216 g/mol. The van der Waals surface area contributed by atoms with Crippen molar-refractivity contribution >= 4 is 5.97 Å². The molecule has 0 aromatic carbocycles. The molecular formula is C11H21NO3. The lowest BCUT2D eigenvalue weighted by Gasteiger charge is -2.22. The molecule has 0 bridgehead atoms. The molecule has 0 amide bonds. The largest absolute Gasteiger partial charge is 0.480 e. The first-order valence-electron chi connectivity index (χ1n) is 6.22. The summed E-state index contributed by atoms with van der Waals surface area (Å²) in [5.74, 6) is -0.673. The number of carbonyl (C=O) groups is 1. The van der Waals surface area contributed by atoms with Gasteiger partial charge in [0.25, 0.3) is 0 Å². The Hall–Kier alpha value is -0.610. The molecule has 0 saturated heterocycles. The van der Waals surface area contributed by atoms with E-state index in [4.69, 9.17) is 11.6 Å². The van der Waals surface area contributed by atoms with E-state index < -0.39 is 18.6 Å². The van der Waals surface area contributed by atoms with Crippen LogP contribution in [0.3, 0.4) is 0 Å². The molecule has 4 heteroatoms. The van der Waals surface area contributed by atoms with Gasteiger partial charge in [0.05, 0.1) is 6.61 Å². The predicted molar refractivity (Wildman–Crippen MR) is 57.7 cm³/mol. The van der Waals surface area contributed by atoms with E-state index in [0.29, 0.717) is 12.5 Å². The number of aliphatic carboxylic acids is 1. The van der Waals surface area contributed by atoms with Crippen LogP contribution < -0.4 is 5.32 Å². The van der Waals surface area contributed by atoms with Crippen LogP contribution in [0.15, 0.2) is 0 Å². The highest BCUT2D eigenvalue weighted by molar-refractivity contribution is 5.73. The van der Waals surface area contributed by atoms with Crippen molar-refractivity contribution in [3.8, 4) is 0 Å². The number of hydrogen-bond donors (Lipinski definition) is 3. The van der Waals surface area contributed by atoms with Gasteiger partial charge in [0.1, 0.15) is 6.04 Å². The summed E-state index contributed by atoms with van der Waals surface area (Å²) in [5, 5.41) is 20.3. The van der Waals surface area contributed by atoms with E-state index in [1.807, 2.05) is 0 Å². The van der Waals surface area contributed by atoms with Gasteiger partial charge in [-0.25, -0.2) is 0 Å². The summed E-state index contributed by atoms with van der Waals surface area (Å²) < 4.78 is 7.94. The maximum Gasteiger partial charge on any atom is 0.323 e. The summed E-state index contributed by atoms with van der Waals surface area (Å²) in [4.78, 5) is 10.6. The van der Waals surface area contributed by atoms with E-state index >= 15 is 0 Å². The number of rotatable bonds is 6. The van der Waals surface area contributed by atoms with Crippen LogP contribution in [0, 0.1) is 5.92 Å². The van der Waals surface area contributed by atoms with Crippen LogP contribution in [0.2, 0.25) is 0 Å². The topological polar surface area (TPSA) is 69.6 Å². The molecule has 88 valence electrons. The van der Waals surface area contributed by atoms with Crippen molar-refractivity contribution < 1.29 is 16.4 Å². The van der Waals surface area contributed by atoms with E-state index in [9.17, 15) is 4.79 Å². The van der Waals surface area contributed by atoms with Crippen LogP contribution in [0.25, 0.3) is 0 Å². The average Bonchev–Trinajstić information content (AvgIpc) is 2.30. The highest BCUT2D eigenvalue weighted by Gasteiger charge is 2.17. The maximum atomic E-state index is 10.6. The van der Waals surface area contributed by atoms with Crippen molar-refractivity contribution in [1.29, 1.82) is 0 Å². The van der Waals surface area contributed by atoms with Gasteiger partial charge in [-0.3, -0.25) is 4.79 Å². The number of hydrogen-bond acceptors (Lipinski definition) is 3. The maximum absolute atomic E-state index is 10.6. The van der Waals surface area contributed by atoms with Crippen LogP contribution in [-0.2, 0) is 4.79 Å². The third-order valence-corrected chi connectivity index (χ3v) is 2.95. The quantitative estimate of drug-likeness (QED) is 0.619. The van der Waals surface area contributed by atoms with Gasteiger partial charge in [-0.1, -0.05) is 32.1 Å². The van der Waals surface area contributed by atoms with Gasteiger partial charge in [-0.15, -0.1) is 0 Å². The number of nitrogens with one attached hydrogen (secondary N) is 1. The first kappa shape index (κ1) is 10.9. The summed E-state index contributed by atoms with van der Waals surface area (Å²) in [7, 11) is 0. The second kappa shape index (κ2) is 6.80. The van der Waals surface area contributed by atoms with Crippen LogP contribution in [0.4, 0.5) is 0 Å². The Morgan fingerprint density at radius 2 is 2.13 bits per heavy atom. The molecule has 0 spiro atoms. The lowest BCUT2D eigenvalue weighted by atomic mass is 9.87. The molecule has 2 atom stereocenters. The van der Waals surface area contributed by atoms with E-state index in [1.165, 1.54) is 19.3 Å². The van der Waals surface area contributed by atoms with Gasteiger partial charge in [-0.2, -0.15) is 0 Å². The normalized spacial score (nSPS) is 23.1. The number of aliphatic hydroxyl groups excluding tert-OH is 1. The minimum Gasteiger partial charge on any atom is -0.480 e. The zero-order valence-electron chi connectivity index (χ0n) is 9.98. The van der Waals surface area contributed by atoms with Gasteiger partial charge in [0, 0.05) is 1.37 Å². The number of aliphatic hydroxyl groups is 1. The molecule has 0 radical (unpaired) electrons. The molecule has 0 aliphatic heterocycles. The summed E-state index contributed by atoms with van der Waals surface area (Å²) >= 11 is 0. The minimum atomic E-state index is -1.06. The second-order valence-electron chi connectivity index (χ2n) is 4.12. The zero-order chi connectivity index (χ0) is 12.0. The van der Waals surface area contributed by atoms with Gasteiger partial charge in [0.15, 0.2) is 0 Å². The van der Waals surface area contributed by atoms with Gasteiger partial charge in [-0.05, 0) is 18.9 Å². The second-order valence-corrected chi connectivity index (χ2v) is 4.12. The molecule has 1 saturated carbocycles.